The fourth-order valence-electron chi connectivity index (χ4n) is 4.03. The number of primary amides is 1. The molecule has 0 unspecified atom stereocenters. The number of benzene rings is 2. The van der Waals surface area contributed by atoms with Gasteiger partial charge < -0.3 is 26.7 Å². The molecule has 10 heteroatoms. The van der Waals surface area contributed by atoms with Crippen LogP contribution in [0.1, 0.15) is 48.9 Å². The van der Waals surface area contributed by atoms with Crippen LogP contribution in [0, 0.1) is 0 Å². The van der Waals surface area contributed by atoms with E-state index < -0.39 is 5.91 Å². The molecule has 9 nitrogen and oxygen atoms in total. The van der Waals surface area contributed by atoms with Crippen LogP contribution in [-0.4, -0.2) is 59.7 Å². The number of nitrogen functional groups attached to an aromatic ring is 1. The molecule has 5 rings (SSSR count). The third kappa shape index (κ3) is 12.1. The van der Waals surface area contributed by atoms with Crippen molar-refractivity contribution in [1.29, 1.82) is 0 Å². The number of rotatable bonds is 6. The average Bonchev–Trinajstić information content (AvgIpc) is 3.44. The minimum absolute atomic E-state index is 0.217. The van der Waals surface area contributed by atoms with Crippen LogP contribution in [0.15, 0.2) is 73.1 Å². The van der Waals surface area contributed by atoms with Crippen LogP contribution in [0.25, 0.3) is 22.2 Å². The predicted octanol–water partition coefficient (Wildman–Crippen LogP) is 6.33. The number of likely N-dealkylation sites (N-methyl/N-ethyl adjacent to an activating group) is 1. The first-order chi connectivity index (χ1) is 20.3. The van der Waals surface area contributed by atoms with Crippen LogP contribution >= 0.6 is 11.6 Å². The molecule has 2 aromatic heterocycles. The lowest BCUT2D eigenvalue weighted by atomic mass is 10.0. The normalized spacial score (nSPS) is 12.3. The van der Waals surface area contributed by atoms with Gasteiger partial charge in [-0.1, -0.05) is 74.4 Å². The Morgan fingerprint density at radius 2 is 1.67 bits per heavy atom. The highest BCUT2D eigenvalue weighted by Gasteiger charge is 2.11. The molecule has 1 aliphatic carbocycles. The minimum atomic E-state index is -0.396. The number of nitrogens with zero attached hydrogens (tertiary/aromatic N) is 3. The molecular formula is C32H42ClN7O2. The van der Waals surface area contributed by atoms with Crippen LogP contribution < -0.4 is 16.8 Å². The van der Waals surface area contributed by atoms with Crippen molar-refractivity contribution in [1.82, 2.24) is 19.9 Å². The van der Waals surface area contributed by atoms with Crippen molar-refractivity contribution in [3.8, 4) is 11.3 Å². The highest BCUT2D eigenvalue weighted by molar-refractivity contribution is 6.33. The van der Waals surface area contributed by atoms with Crippen molar-refractivity contribution in [3.63, 3.8) is 0 Å². The first-order valence-corrected chi connectivity index (χ1v) is 14.3. The van der Waals surface area contributed by atoms with Crippen molar-refractivity contribution in [3.05, 3.63) is 83.7 Å². The number of para-hydroxylation sites is 1. The van der Waals surface area contributed by atoms with Gasteiger partial charge in [0.2, 0.25) is 11.9 Å². The smallest absolute Gasteiger partial charge is 0.248 e. The van der Waals surface area contributed by atoms with Gasteiger partial charge in [0.25, 0.3) is 0 Å². The summed E-state index contributed by atoms with van der Waals surface area (Å²) in [4.78, 5) is 33.5. The summed E-state index contributed by atoms with van der Waals surface area (Å²) in [6, 6.07) is 14.9. The van der Waals surface area contributed by atoms with E-state index in [0.29, 0.717) is 16.3 Å². The zero-order chi connectivity index (χ0) is 30.7. The van der Waals surface area contributed by atoms with Gasteiger partial charge >= 0.3 is 0 Å². The van der Waals surface area contributed by atoms with Gasteiger partial charge in [-0.3, -0.25) is 9.59 Å². The van der Waals surface area contributed by atoms with Crippen LogP contribution in [0.5, 0.6) is 0 Å². The fourth-order valence-corrected chi connectivity index (χ4v) is 4.22. The quantitative estimate of drug-likeness (QED) is 0.151. The Kier molecular flexibility index (Phi) is 15.4. The van der Waals surface area contributed by atoms with Gasteiger partial charge in [-0.05, 0) is 50.5 Å². The van der Waals surface area contributed by atoms with Gasteiger partial charge in [-0.25, -0.2) is 9.97 Å². The number of H-pyrrole nitrogens is 1. The number of nitrogens with two attached hydrogens (primary N) is 2. The topological polar surface area (TPSA) is 143 Å². The highest BCUT2D eigenvalue weighted by Crippen LogP contribution is 2.31. The number of aromatic nitrogens is 3. The van der Waals surface area contributed by atoms with Crippen LogP contribution in [0.3, 0.4) is 0 Å². The molecule has 0 spiro atoms. The summed E-state index contributed by atoms with van der Waals surface area (Å²) in [6.07, 6.45) is 16.5. The summed E-state index contributed by atoms with van der Waals surface area (Å²) in [7, 11) is 5.73. The molecule has 42 heavy (non-hydrogen) atoms. The second-order valence-electron chi connectivity index (χ2n) is 9.81. The van der Waals surface area contributed by atoms with Crippen molar-refractivity contribution in [2.75, 3.05) is 38.7 Å². The Balaban J connectivity index is 0.000000213. The molecule has 0 saturated heterocycles. The number of carbonyl (C=O) groups is 2. The molecule has 6 N–H and O–H groups in total. The molecule has 0 atom stereocenters. The van der Waals surface area contributed by atoms with Crippen molar-refractivity contribution in [2.24, 2.45) is 5.73 Å². The number of carbonyl (C=O) groups excluding carboxylic acids is 2. The van der Waals surface area contributed by atoms with Gasteiger partial charge in [-0.15, -0.1) is 0 Å². The third-order valence-corrected chi connectivity index (χ3v) is 6.53. The molecule has 1 amide bonds. The third-order valence-electron chi connectivity index (χ3n) is 6.25. The maximum Gasteiger partial charge on any atom is 0.248 e. The Labute approximate surface area is 253 Å². The molecule has 0 radical (unpaired) electrons. The summed E-state index contributed by atoms with van der Waals surface area (Å²) in [5, 5.41) is 4.49. The number of hydrogen-bond donors (Lipinski definition) is 4. The number of allylic oxidation sites excluding steroid dienone is 1. The Morgan fingerprint density at radius 1 is 1.05 bits per heavy atom. The molecule has 4 aromatic rings. The molecule has 1 aliphatic rings. The number of halogens is 1. The lowest BCUT2D eigenvalue weighted by Crippen LogP contribution is -2.10. The second kappa shape index (κ2) is 19.0. The molecule has 1 fully saturated rings. The Bertz CT molecular complexity index is 1390. The van der Waals surface area contributed by atoms with E-state index in [2.05, 4.69) is 20.3 Å². The molecule has 0 bridgehead atoms. The van der Waals surface area contributed by atoms with E-state index in [-0.39, 0.29) is 5.95 Å². The van der Waals surface area contributed by atoms with Gasteiger partial charge in [-0.2, -0.15) is 0 Å². The largest absolute Gasteiger partial charge is 0.388 e. The fraction of sp³-hybridized carbons (Fsp3) is 0.312. The van der Waals surface area contributed by atoms with Crippen LogP contribution in [-0.2, 0) is 4.79 Å². The number of aromatic amines is 1. The summed E-state index contributed by atoms with van der Waals surface area (Å²) in [6.45, 7) is 0.832. The first-order valence-electron chi connectivity index (χ1n) is 13.9. The number of fused-ring (bicyclic) bond motifs is 1. The van der Waals surface area contributed by atoms with E-state index >= 15 is 0 Å². The zero-order valence-corrected chi connectivity index (χ0v) is 25.4. The van der Waals surface area contributed by atoms with E-state index in [0.717, 1.165) is 35.0 Å². The summed E-state index contributed by atoms with van der Waals surface area (Å²) in [5.41, 5.74) is 14.7. The van der Waals surface area contributed by atoms with Crippen molar-refractivity contribution < 1.29 is 9.59 Å². The zero-order valence-electron chi connectivity index (χ0n) is 24.6. The van der Waals surface area contributed by atoms with E-state index in [1.165, 1.54) is 50.8 Å². The second-order valence-corrected chi connectivity index (χ2v) is 10.2. The van der Waals surface area contributed by atoms with E-state index in [1.54, 1.807) is 24.3 Å². The molecule has 1 saturated carbocycles. The molecular weight excluding hydrogens is 550 g/mol. The Morgan fingerprint density at radius 3 is 2.21 bits per heavy atom. The molecule has 224 valence electrons. The monoisotopic (exact) mass is 591 g/mol. The van der Waals surface area contributed by atoms with E-state index in [9.17, 15) is 9.59 Å². The lowest BCUT2D eigenvalue weighted by Gasteiger charge is -2.05. The molecule has 2 aromatic carbocycles. The number of anilines is 2. The summed E-state index contributed by atoms with van der Waals surface area (Å²) in [5.74, 6) is -0.178. The minimum Gasteiger partial charge on any atom is -0.388 e. The van der Waals surface area contributed by atoms with Crippen LogP contribution in [0.2, 0.25) is 5.02 Å². The number of aldehydes is 1. The maximum atomic E-state index is 10.6. The van der Waals surface area contributed by atoms with Crippen molar-refractivity contribution >= 4 is 46.3 Å². The maximum absolute atomic E-state index is 10.6. The van der Waals surface area contributed by atoms with Crippen molar-refractivity contribution in [2.45, 2.75) is 38.5 Å². The standard InChI is InChI=1S/C12H9ClN4.C8H10N2O.C6H11NO.C6H12/c13-9-6-16-12(14)17-11(9)8-5-15-10-4-2-1-3-7(8)10;1-10-7-4-2-6(3-5-7)8(9)11;1-7(2)5-3-4-6-8;1-2-4-6-5-3-1/h1-6,15H,(H2,14,16,17);2-5,10H,1H3,(H2,9,11);3-4,6H,5H2,1-2H3;1-6H2/b;;4-3+;. The summed E-state index contributed by atoms with van der Waals surface area (Å²) < 4.78 is 0. The number of nitrogens with one attached hydrogen (secondary N) is 2. The van der Waals surface area contributed by atoms with E-state index in [1.807, 2.05) is 62.6 Å². The average molecular weight is 592 g/mol. The molecule has 2 heterocycles. The highest BCUT2D eigenvalue weighted by atomic mass is 35.5. The van der Waals surface area contributed by atoms with Crippen LogP contribution in [0.4, 0.5) is 11.6 Å². The number of hydrogen-bond acceptors (Lipinski definition) is 7. The van der Waals surface area contributed by atoms with Gasteiger partial charge in [0.05, 0.1) is 16.9 Å². The summed E-state index contributed by atoms with van der Waals surface area (Å²) >= 11 is 6.09. The Hall–Kier alpha value is -4.21. The number of amides is 1. The van der Waals surface area contributed by atoms with Gasteiger partial charge in [0.15, 0.2) is 0 Å². The van der Waals surface area contributed by atoms with Gasteiger partial charge in [0.1, 0.15) is 6.29 Å². The predicted molar refractivity (Wildman–Crippen MR) is 175 cm³/mol. The lowest BCUT2D eigenvalue weighted by molar-refractivity contribution is -0.104. The SMILES string of the molecule is C1CCCCC1.CN(C)C/C=C/C=O.CNc1ccc(C(N)=O)cc1.Nc1ncc(Cl)c(-c2c[nH]c3ccccc23)n1. The molecule has 0 aliphatic heterocycles. The van der Waals surface area contributed by atoms with E-state index in [4.69, 9.17) is 23.1 Å². The first kappa shape index (κ1) is 34.0. The van der Waals surface area contributed by atoms with Gasteiger partial charge in [0, 0.05) is 47.5 Å².